The van der Waals surface area contributed by atoms with E-state index in [1.165, 1.54) is 38.5 Å². The lowest BCUT2D eigenvalue weighted by atomic mass is 9.65. The maximum Gasteiger partial charge on any atom is 0.0838 e. The lowest BCUT2D eigenvalue weighted by Gasteiger charge is -2.52. The minimum Gasteiger partial charge on any atom is -0.372 e. The number of hydrogen-bond donors (Lipinski definition) is 1. The largest absolute Gasteiger partial charge is 0.372 e. The highest BCUT2D eigenvalue weighted by molar-refractivity contribution is 5.02. The van der Waals surface area contributed by atoms with Crippen molar-refractivity contribution in [3.05, 3.63) is 0 Å². The molecule has 1 saturated carbocycles. The van der Waals surface area contributed by atoms with Crippen LogP contribution < -0.4 is 5.32 Å². The van der Waals surface area contributed by atoms with Gasteiger partial charge in [0.25, 0.3) is 0 Å². The average molecular weight is 253 g/mol. The molecular weight excluding hydrogens is 222 g/mol. The van der Waals surface area contributed by atoms with Crippen LogP contribution in [0.2, 0.25) is 0 Å². The van der Waals surface area contributed by atoms with Gasteiger partial charge in [0.2, 0.25) is 0 Å². The first-order chi connectivity index (χ1) is 8.53. The fraction of sp³-hybridized carbons (Fsp3) is 1.00. The molecule has 1 aliphatic heterocycles. The van der Waals surface area contributed by atoms with Crippen molar-refractivity contribution in [2.24, 2.45) is 11.3 Å². The highest BCUT2D eigenvalue weighted by Crippen LogP contribution is 2.46. The van der Waals surface area contributed by atoms with Crippen molar-refractivity contribution >= 4 is 0 Å². The van der Waals surface area contributed by atoms with Crippen LogP contribution in [0, 0.1) is 11.3 Å². The summed E-state index contributed by atoms with van der Waals surface area (Å²) in [6, 6.07) is 0.581. The van der Waals surface area contributed by atoms with Gasteiger partial charge in [-0.25, -0.2) is 0 Å². The Balaban J connectivity index is 2.12. The molecule has 2 nitrogen and oxygen atoms in total. The molecule has 1 unspecified atom stereocenters. The van der Waals surface area contributed by atoms with Gasteiger partial charge in [-0.1, -0.05) is 40.5 Å². The molecule has 2 fully saturated rings. The van der Waals surface area contributed by atoms with Gasteiger partial charge in [0.1, 0.15) is 0 Å². The zero-order valence-corrected chi connectivity index (χ0v) is 12.7. The third-order valence-electron chi connectivity index (χ3n) is 5.39. The second-order valence-corrected chi connectivity index (χ2v) is 7.09. The molecular formula is C16H31NO. The summed E-state index contributed by atoms with van der Waals surface area (Å²) in [7, 11) is 0. The Kier molecular flexibility index (Phi) is 4.38. The van der Waals surface area contributed by atoms with E-state index < -0.39 is 0 Å². The predicted octanol–water partition coefficient (Wildman–Crippen LogP) is 3.75. The van der Waals surface area contributed by atoms with Gasteiger partial charge >= 0.3 is 0 Å². The molecule has 2 aliphatic rings. The molecule has 1 N–H and O–H groups in total. The van der Waals surface area contributed by atoms with E-state index in [9.17, 15) is 0 Å². The second kappa shape index (κ2) is 5.50. The van der Waals surface area contributed by atoms with Gasteiger partial charge in [-0.15, -0.1) is 0 Å². The van der Waals surface area contributed by atoms with E-state index in [0.29, 0.717) is 11.5 Å². The highest BCUT2D eigenvalue weighted by atomic mass is 16.5. The van der Waals surface area contributed by atoms with Crippen molar-refractivity contribution in [2.45, 2.75) is 77.9 Å². The van der Waals surface area contributed by atoms with E-state index in [-0.39, 0.29) is 5.60 Å². The zero-order chi connectivity index (χ0) is 13.2. The Bertz CT molecular complexity index is 260. The summed E-state index contributed by atoms with van der Waals surface area (Å²) in [5, 5.41) is 3.78. The summed E-state index contributed by atoms with van der Waals surface area (Å²) in [6.07, 6.45) is 7.64. The van der Waals surface area contributed by atoms with Crippen LogP contribution in [0.5, 0.6) is 0 Å². The molecule has 2 heteroatoms. The average Bonchev–Trinajstić information content (AvgIpc) is 2.37. The van der Waals surface area contributed by atoms with Gasteiger partial charge in [-0.3, -0.25) is 0 Å². The molecule has 0 bridgehead atoms. The Morgan fingerprint density at radius 3 is 2.28 bits per heavy atom. The van der Waals surface area contributed by atoms with Gasteiger partial charge in [-0.05, 0) is 37.0 Å². The molecule has 0 aromatic heterocycles. The first kappa shape index (κ1) is 14.3. The standard InChI is InChI=1S/C16H31NO/c1-5-13(6-2)14-16(18-12-11-17-14)9-7-15(3,4)8-10-16/h13-14,17H,5-12H2,1-4H3. The van der Waals surface area contributed by atoms with Crippen molar-refractivity contribution in [2.75, 3.05) is 13.2 Å². The fourth-order valence-electron chi connectivity index (χ4n) is 3.91. The Labute approximate surface area is 113 Å². The molecule has 0 radical (unpaired) electrons. The van der Waals surface area contributed by atoms with Crippen LogP contribution in [-0.2, 0) is 4.74 Å². The first-order valence-electron chi connectivity index (χ1n) is 7.90. The molecule has 1 saturated heterocycles. The van der Waals surface area contributed by atoms with Crippen LogP contribution in [0.1, 0.15) is 66.2 Å². The van der Waals surface area contributed by atoms with Gasteiger partial charge < -0.3 is 10.1 Å². The van der Waals surface area contributed by atoms with Crippen LogP contribution >= 0.6 is 0 Å². The Morgan fingerprint density at radius 2 is 1.72 bits per heavy atom. The lowest BCUT2D eigenvalue weighted by Crippen LogP contribution is -2.62. The van der Waals surface area contributed by atoms with E-state index in [2.05, 4.69) is 33.0 Å². The minimum absolute atomic E-state index is 0.143. The highest BCUT2D eigenvalue weighted by Gasteiger charge is 2.48. The number of rotatable bonds is 3. The molecule has 106 valence electrons. The van der Waals surface area contributed by atoms with Gasteiger partial charge in [0, 0.05) is 12.6 Å². The third-order valence-corrected chi connectivity index (χ3v) is 5.39. The summed E-state index contributed by atoms with van der Waals surface area (Å²) in [6.45, 7) is 11.4. The van der Waals surface area contributed by atoms with Gasteiger partial charge in [-0.2, -0.15) is 0 Å². The predicted molar refractivity (Wildman–Crippen MR) is 76.8 cm³/mol. The number of morpholine rings is 1. The zero-order valence-electron chi connectivity index (χ0n) is 12.7. The summed E-state index contributed by atoms with van der Waals surface area (Å²) < 4.78 is 6.33. The topological polar surface area (TPSA) is 21.3 Å². The first-order valence-corrected chi connectivity index (χ1v) is 7.90. The molecule has 2 rings (SSSR count). The lowest BCUT2D eigenvalue weighted by molar-refractivity contribution is -0.143. The number of nitrogens with one attached hydrogen (secondary N) is 1. The van der Waals surface area contributed by atoms with Crippen LogP contribution in [0.25, 0.3) is 0 Å². The van der Waals surface area contributed by atoms with E-state index in [1.54, 1.807) is 0 Å². The van der Waals surface area contributed by atoms with E-state index in [4.69, 9.17) is 4.74 Å². The summed E-state index contributed by atoms with van der Waals surface area (Å²) in [5.74, 6) is 0.770. The molecule has 18 heavy (non-hydrogen) atoms. The van der Waals surface area contributed by atoms with Gasteiger partial charge in [0.15, 0.2) is 0 Å². The monoisotopic (exact) mass is 253 g/mol. The summed E-state index contributed by atoms with van der Waals surface area (Å²) in [4.78, 5) is 0. The van der Waals surface area contributed by atoms with Crippen LogP contribution in [0.4, 0.5) is 0 Å². The molecule has 1 aliphatic carbocycles. The Hall–Kier alpha value is -0.0800. The molecule has 1 spiro atoms. The van der Waals surface area contributed by atoms with E-state index in [1.807, 2.05) is 0 Å². The smallest absolute Gasteiger partial charge is 0.0838 e. The second-order valence-electron chi connectivity index (χ2n) is 7.09. The van der Waals surface area contributed by atoms with Crippen molar-refractivity contribution in [1.82, 2.24) is 5.32 Å². The van der Waals surface area contributed by atoms with E-state index >= 15 is 0 Å². The quantitative estimate of drug-likeness (QED) is 0.827. The molecule has 1 heterocycles. The molecule has 1 atom stereocenters. The number of ether oxygens (including phenoxy) is 1. The van der Waals surface area contributed by atoms with Crippen molar-refractivity contribution in [3.8, 4) is 0 Å². The summed E-state index contributed by atoms with van der Waals surface area (Å²) >= 11 is 0. The maximum atomic E-state index is 6.33. The van der Waals surface area contributed by atoms with Crippen molar-refractivity contribution in [1.29, 1.82) is 0 Å². The summed E-state index contributed by atoms with van der Waals surface area (Å²) in [5.41, 5.74) is 0.662. The maximum absolute atomic E-state index is 6.33. The fourth-order valence-corrected chi connectivity index (χ4v) is 3.91. The van der Waals surface area contributed by atoms with Crippen LogP contribution in [0.15, 0.2) is 0 Å². The van der Waals surface area contributed by atoms with E-state index in [0.717, 1.165) is 19.1 Å². The van der Waals surface area contributed by atoms with Crippen molar-refractivity contribution < 1.29 is 4.74 Å². The molecule has 0 amide bonds. The third kappa shape index (κ3) is 2.75. The van der Waals surface area contributed by atoms with Crippen LogP contribution in [0.3, 0.4) is 0 Å². The normalized spacial score (nSPS) is 30.8. The SMILES string of the molecule is CCC(CC)C1NCCOC12CCC(C)(C)CC2. The minimum atomic E-state index is 0.143. The Morgan fingerprint density at radius 1 is 1.11 bits per heavy atom. The molecule has 0 aromatic carbocycles. The van der Waals surface area contributed by atoms with Gasteiger partial charge in [0.05, 0.1) is 12.2 Å². The number of hydrogen-bond acceptors (Lipinski definition) is 2. The van der Waals surface area contributed by atoms with Crippen LogP contribution in [-0.4, -0.2) is 24.8 Å². The van der Waals surface area contributed by atoms with Crippen molar-refractivity contribution in [3.63, 3.8) is 0 Å². The molecule has 0 aromatic rings.